The summed E-state index contributed by atoms with van der Waals surface area (Å²) in [5, 5.41) is 3.02. The highest BCUT2D eigenvalue weighted by atomic mass is 16.2. The molecule has 0 spiro atoms. The molecule has 5 nitrogen and oxygen atoms in total. The van der Waals surface area contributed by atoms with Gasteiger partial charge >= 0.3 is 0 Å². The molecule has 1 fully saturated rings. The highest BCUT2D eigenvalue weighted by Gasteiger charge is 2.28. The van der Waals surface area contributed by atoms with Crippen molar-refractivity contribution >= 4 is 17.5 Å². The summed E-state index contributed by atoms with van der Waals surface area (Å²) in [5.41, 5.74) is 4.19. The number of hydrogen-bond donors (Lipinski definition) is 1. The minimum absolute atomic E-state index is 0.0842. The SMILES string of the molecule is Cc1cc(C)c(NC(=O)CN(C)CC(=O)N(C(C)C)C2CCCCC2)c(C)c1. The van der Waals surface area contributed by atoms with Gasteiger partial charge in [-0.2, -0.15) is 0 Å². The van der Waals surface area contributed by atoms with Gasteiger partial charge in [-0.05, 0) is 65.6 Å². The van der Waals surface area contributed by atoms with Crippen molar-refractivity contribution in [2.75, 3.05) is 25.5 Å². The fraction of sp³-hybridized carbons (Fsp3) is 0.652. The van der Waals surface area contributed by atoms with Crippen LogP contribution in [-0.2, 0) is 9.59 Å². The number of aryl methyl sites for hydroxylation is 3. The van der Waals surface area contributed by atoms with Gasteiger partial charge in [-0.1, -0.05) is 37.0 Å². The molecule has 156 valence electrons. The van der Waals surface area contributed by atoms with Gasteiger partial charge in [0.2, 0.25) is 11.8 Å². The van der Waals surface area contributed by atoms with E-state index in [1.165, 1.54) is 24.8 Å². The second-order valence-corrected chi connectivity index (χ2v) is 8.68. The van der Waals surface area contributed by atoms with Gasteiger partial charge in [0.1, 0.15) is 0 Å². The monoisotopic (exact) mass is 387 g/mol. The van der Waals surface area contributed by atoms with Crippen LogP contribution in [0.25, 0.3) is 0 Å². The second kappa shape index (κ2) is 10.1. The van der Waals surface area contributed by atoms with Crippen molar-refractivity contribution in [3.8, 4) is 0 Å². The summed E-state index contributed by atoms with van der Waals surface area (Å²) in [6.07, 6.45) is 5.87. The van der Waals surface area contributed by atoms with E-state index in [2.05, 4.69) is 38.2 Å². The van der Waals surface area contributed by atoms with Gasteiger partial charge in [-0.3, -0.25) is 14.5 Å². The van der Waals surface area contributed by atoms with Gasteiger partial charge in [0.05, 0.1) is 13.1 Å². The number of amides is 2. The fourth-order valence-electron chi connectivity index (χ4n) is 4.44. The van der Waals surface area contributed by atoms with Crippen LogP contribution < -0.4 is 5.32 Å². The van der Waals surface area contributed by atoms with Crippen LogP contribution in [0.2, 0.25) is 0 Å². The minimum Gasteiger partial charge on any atom is -0.336 e. The van der Waals surface area contributed by atoms with E-state index in [0.717, 1.165) is 29.7 Å². The van der Waals surface area contributed by atoms with Crippen molar-refractivity contribution in [1.29, 1.82) is 0 Å². The Labute approximate surface area is 170 Å². The first-order valence-electron chi connectivity index (χ1n) is 10.6. The van der Waals surface area contributed by atoms with Gasteiger partial charge in [-0.15, -0.1) is 0 Å². The van der Waals surface area contributed by atoms with Gasteiger partial charge in [0.25, 0.3) is 0 Å². The number of nitrogens with zero attached hydrogens (tertiary/aromatic N) is 2. The normalized spacial score (nSPS) is 15.1. The lowest BCUT2D eigenvalue weighted by atomic mass is 9.93. The Balaban J connectivity index is 1.93. The number of benzene rings is 1. The molecule has 2 rings (SSSR count). The maximum atomic E-state index is 12.9. The molecular formula is C23H37N3O2. The van der Waals surface area contributed by atoms with Gasteiger partial charge < -0.3 is 10.2 Å². The number of anilines is 1. The van der Waals surface area contributed by atoms with Crippen molar-refractivity contribution in [2.45, 2.75) is 78.8 Å². The smallest absolute Gasteiger partial charge is 0.238 e. The summed E-state index contributed by atoms with van der Waals surface area (Å²) >= 11 is 0. The Morgan fingerprint density at radius 3 is 2.14 bits per heavy atom. The van der Waals surface area contributed by atoms with E-state index in [4.69, 9.17) is 0 Å². The first-order valence-corrected chi connectivity index (χ1v) is 10.6. The average Bonchev–Trinajstić information content (AvgIpc) is 2.58. The predicted octanol–water partition coefficient (Wildman–Crippen LogP) is 4.05. The van der Waals surface area contributed by atoms with Crippen LogP contribution >= 0.6 is 0 Å². The van der Waals surface area contributed by atoms with Crippen molar-refractivity contribution in [3.63, 3.8) is 0 Å². The molecule has 1 aromatic carbocycles. The summed E-state index contributed by atoms with van der Waals surface area (Å²) < 4.78 is 0. The standard InChI is InChI=1S/C23H37N3O2/c1-16(2)26(20-10-8-7-9-11-20)22(28)15-25(6)14-21(27)24-23-18(4)12-17(3)13-19(23)5/h12-13,16,20H,7-11,14-15H2,1-6H3,(H,24,27). The average molecular weight is 388 g/mol. The molecule has 0 atom stereocenters. The van der Waals surface area contributed by atoms with E-state index in [-0.39, 0.29) is 30.9 Å². The molecule has 1 saturated carbocycles. The van der Waals surface area contributed by atoms with Crippen LogP contribution in [-0.4, -0.2) is 53.8 Å². The maximum absolute atomic E-state index is 12.9. The van der Waals surface area contributed by atoms with Gasteiger partial charge in [0, 0.05) is 17.8 Å². The first kappa shape index (κ1) is 22.4. The van der Waals surface area contributed by atoms with Crippen LogP contribution in [0.5, 0.6) is 0 Å². The lowest BCUT2D eigenvalue weighted by molar-refractivity contribution is -0.137. The van der Waals surface area contributed by atoms with Crippen molar-refractivity contribution in [3.05, 3.63) is 28.8 Å². The van der Waals surface area contributed by atoms with E-state index in [0.29, 0.717) is 6.04 Å². The molecule has 1 N–H and O–H groups in total. The van der Waals surface area contributed by atoms with Crippen LogP contribution in [0.3, 0.4) is 0 Å². The Hall–Kier alpha value is -1.88. The first-order chi connectivity index (χ1) is 13.2. The molecule has 28 heavy (non-hydrogen) atoms. The van der Waals surface area contributed by atoms with E-state index in [9.17, 15) is 9.59 Å². The number of hydrogen-bond acceptors (Lipinski definition) is 3. The fourth-order valence-corrected chi connectivity index (χ4v) is 4.44. The molecule has 5 heteroatoms. The largest absolute Gasteiger partial charge is 0.336 e. The molecule has 1 aliphatic rings. The molecule has 1 aliphatic carbocycles. The maximum Gasteiger partial charge on any atom is 0.238 e. The summed E-state index contributed by atoms with van der Waals surface area (Å²) in [4.78, 5) is 29.3. The Morgan fingerprint density at radius 1 is 1.04 bits per heavy atom. The quantitative estimate of drug-likeness (QED) is 0.768. The molecular weight excluding hydrogens is 350 g/mol. The summed E-state index contributed by atoms with van der Waals surface area (Å²) in [6.45, 7) is 10.7. The number of rotatable bonds is 7. The van der Waals surface area contributed by atoms with Crippen LogP contribution in [0.4, 0.5) is 5.69 Å². The number of likely N-dealkylation sites (N-methyl/N-ethyl adjacent to an activating group) is 1. The molecule has 0 radical (unpaired) electrons. The summed E-state index contributed by atoms with van der Waals surface area (Å²) in [7, 11) is 1.84. The summed E-state index contributed by atoms with van der Waals surface area (Å²) in [5.74, 6) is 0.0408. The Morgan fingerprint density at radius 2 is 1.61 bits per heavy atom. The number of carbonyl (C=O) groups is 2. The van der Waals surface area contributed by atoms with E-state index < -0.39 is 0 Å². The minimum atomic E-state index is -0.0842. The molecule has 0 aliphatic heterocycles. The van der Waals surface area contributed by atoms with Crippen molar-refractivity contribution < 1.29 is 9.59 Å². The van der Waals surface area contributed by atoms with Crippen molar-refractivity contribution in [2.24, 2.45) is 0 Å². The Kier molecular flexibility index (Phi) is 8.05. The highest BCUT2D eigenvalue weighted by molar-refractivity contribution is 5.94. The lowest BCUT2D eigenvalue weighted by Gasteiger charge is -2.38. The Bertz CT molecular complexity index is 670. The van der Waals surface area contributed by atoms with Gasteiger partial charge in [0.15, 0.2) is 0 Å². The summed E-state index contributed by atoms with van der Waals surface area (Å²) in [6, 6.07) is 4.68. The van der Waals surface area contributed by atoms with E-state index in [1.807, 2.05) is 30.7 Å². The lowest BCUT2D eigenvalue weighted by Crippen LogP contribution is -2.49. The molecule has 0 bridgehead atoms. The molecule has 0 heterocycles. The van der Waals surface area contributed by atoms with Crippen LogP contribution in [0.1, 0.15) is 62.6 Å². The third-order valence-corrected chi connectivity index (χ3v) is 5.57. The van der Waals surface area contributed by atoms with Crippen LogP contribution in [0.15, 0.2) is 12.1 Å². The third-order valence-electron chi connectivity index (χ3n) is 5.57. The van der Waals surface area contributed by atoms with Crippen LogP contribution in [0, 0.1) is 20.8 Å². The highest BCUT2D eigenvalue weighted by Crippen LogP contribution is 2.25. The van der Waals surface area contributed by atoms with Crippen molar-refractivity contribution in [1.82, 2.24) is 9.80 Å². The topological polar surface area (TPSA) is 52.7 Å². The second-order valence-electron chi connectivity index (χ2n) is 8.68. The predicted molar refractivity (Wildman–Crippen MR) is 116 cm³/mol. The molecule has 0 aromatic heterocycles. The zero-order chi connectivity index (χ0) is 20.8. The zero-order valence-electron chi connectivity index (χ0n) is 18.5. The molecule has 0 saturated heterocycles. The van der Waals surface area contributed by atoms with Gasteiger partial charge in [-0.25, -0.2) is 0 Å². The van der Waals surface area contributed by atoms with E-state index >= 15 is 0 Å². The third kappa shape index (κ3) is 6.06. The number of nitrogens with one attached hydrogen (secondary N) is 1. The molecule has 0 unspecified atom stereocenters. The van der Waals surface area contributed by atoms with E-state index in [1.54, 1.807) is 0 Å². The zero-order valence-corrected chi connectivity index (χ0v) is 18.5. The number of carbonyl (C=O) groups excluding carboxylic acids is 2. The molecule has 1 aromatic rings. The molecule has 2 amide bonds.